The van der Waals surface area contributed by atoms with Gasteiger partial charge in [0, 0.05) is 4.47 Å². The topological polar surface area (TPSA) is 12.0 Å². The zero-order chi connectivity index (χ0) is 9.80. The van der Waals surface area contributed by atoms with Crippen LogP contribution in [-0.4, -0.2) is 13.1 Å². The van der Waals surface area contributed by atoms with Gasteiger partial charge in [0.1, 0.15) is 0 Å². The van der Waals surface area contributed by atoms with Gasteiger partial charge in [0.15, 0.2) is 0 Å². The minimum Gasteiger partial charge on any atom is -0.316 e. The van der Waals surface area contributed by atoms with E-state index in [0.29, 0.717) is 0 Å². The highest BCUT2D eigenvalue weighted by molar-refractivity contribution is 9.10. The van der Waals surface area contributed by atoms with Crippen LogP contribution in [0.2, 0.25) is 0 Å². The lowest BCUT2D eigenvalue weighted by molar-refractivity contribution is 0.376. The lowest BCUT2D eigenvalue weighted by Gasteiger charge is -2.23. The molecule has 0 aliphatic carbocycles. The van der Waals surface area contributed by atoms with Gasteiger partial charge in [-0.2, -0.15) is 0 Å². The molecule has 1 aliphatic rings. The molecule has 1 fully saturated rings. The summed E-state index contributed by atoms with van der Waals surface area (Å²) in [4.78, 5) is 0. The van der Waals surface area contributed by atoms with E-state index in [1.807, 2.05) is 0 Å². The molecule has 76 valence electrons. The molecule has 14 heavy (non-hydrogen) atoms. The number of nitrogens with one attached hydrogen (secondary N) is 1. The molecule has 0 saturated carbocycles. The van der Waals surface area contributed by atoms with Crippen molar-refractivity contribution in [3.05, 3.63) is 34.3 Å². The maximum atomic E-state index is 3.60. The van der Waals surface area contributed by atoms with Gasteiger partial charge in [-0.15, -0.1) is 0 Å². The Hall–Kier alpha value is -0.340. The van der Waals surface area contributed by atoms with Gasteiger partial charge >= 0.3 is 0 Å². The largest absolute Gasteiger partial charge is 0.316 e. The Morgan fingerprint density at radius 3 is 2.93 bits per heavy atom. The van der Waals surface area contributed by atoms with Crippen molar-refractivity contribution in [1.29, 1.82) is 0 Å². The minimum atomic E-state index is 0.822. The molecule has 0 unspecified atom stereocenters. The Kier molecular flexibility index (Phi) is 3.60. The molecule has 1 aromatic carbocycles. The first-order valence-electron chi connectivity index (χ1n) is 5.30. The average molecular weight is 254 g/mol. The fraction of sp³-hybridized carbons (Fsp3) is 0.500. The van der Waals surface area contributed by atoms with Crippen LogP contribution >= 0.6 is 15.9 Å². The van der Waals surface area contributed by atoms with Crippen molar-refractivity contribution in [2.75, 3.05) is 13.1 Å². The van der Waals surface area contributed by atoms with Crippen LogP contribution in [0.15, 0.2) is 28.7 Å². The molecular weight excluding hydrogens is 238 g/mol. The second-order valence-corrected chi connectivity index (χ2v) is 4.86. The highest BCUT2D eigenvalue weighted by atomic mass is 79.9. The van der Waals surface area contributed by atoms with E-state index in [0.717, 1.165) is 5.92 Å². The molecule has 0 aromatic heterocycles. The predicted octanol–water partition coefficient (Wildman–Crippen LogP) is 2.99. The van der Waals surface area contributed by atoms with E-state index in [4.69, 9.17) is 0 Å². The Balaban J connectivity index is 1.99. The number of rotatable bonds is 2. The van der Waals surface area contributed by atoms with E-state index >= 15 is 0 Å². The van der Waals surface area contributed by atoms with Gasteiger partial charge in [-0.1, -0.05) is 34.1 Å². The summed E-state index contributed by atoms with van der Waals surface area (Å²) in [7, 11) is 0. The molecule has 1 saturated heterocycles. The van der Waals surface area contributed by atoms with Gasteiger partial charge < -0.3 is 5.32 Å². The van der Waals surface area contributed by atoms with E-state index in [9.17, 15) is 0 Å². The summed E-state index contributed by atoms with van der Waals surface area (Å²) in [6, 6.07) is 8.55. The number of hydrogen-bond acceptors (Lipinski definition) is 1. The first-order chi connectivity index (χ1) is 6.86. The Labute approximate surface area is 94.0 Å². The molecule has 0 radical (unpaired) electrons. The van der Waals surface area contributed by atoms with E-state index in [1.54, 1.807) is 0 Å². The van der Waals surface area contributed by atoms with Gasteiger partial charge in [0.2, 0.25) is 0 Å². The van der Waals surface area contributed by atoms with Crippen LogP contribution in [0.1, 0.15) is 18.4 Å². The molecule has 1 aromatic rings. The van der Waals surface area contributed by atoms with Crippen molar-refractivity contribution in [3.63, 3.8) is 0 Å². The van der Waals surface area contributed by atoms with Gasteiger partial charge in [0.05, 0.1) is 0 Å². The van der Waals surface area contributed by atoms with Crippen LogP contribution in [0.25, 0.3) is 0 Å². The smallest absolute Gasteiger partial charge is 0.0207 e. The number of halogens is 1. The standard InChI is InChI=1S/C12H16BrN/c13-12-6-2-1-5-11(12)8-10-4-3-7-14-9-10/h1-2,5-6,10,14H,3-4,7-9H2/t10-/m0/s1. The number of hydrogen-bond donors (Lipinski definition) is 1. The molecule has 0 amide bonds. The maximum absolute atomic E-state index is 3.60. The molecule has 1 nitrogen and oxygen atoms in total. The third-order valence-electron chi connectivity index (χ3n) is 2.87. The molecule has 1 N–H and O–H groups in total. The third kappa shape index (κ3) is 2.58. The predicted molar refractivity (Wildman–Crippen MR) is 63.4 cm³/mol. The molecule has 0 spiro atoms. The molecule has 2 rings (SSSR count). The molecule has 1 heterocycles. The zero-order valence-corrected chi connectivity index (χ0v) is 9.89. The van der Waals surface area contributed by atoms with E-state index in [1.165, 1.54) is 42.4 Å². The number of piperidine rings is 1. The van der Waals surface area contributed by atoms with Crippen molar-refractivity contribution in [2.45, 2.75) is 19.3 Å². The molecule has 1 aliphatic heterocycles. The van der Waals surface area contributed by atoms with Crippen molar-refractivity contribution >= 4 is 15.9 Å². The minimum absolute atomic E-state index is 0.822. The van der Waals surface area contributed by atoms with Crippen molar-refractivity contribution in [1.82, 2.24) is 5.32 Å². The fourth-order valence-corrected chi connectivity index (χ4v) is 2.52. The molecule has 1 atom stereocenters. The third-order valence-corrected chi connectivity index (χ3v) is 3.64. The van der Waals surface area contributed by atoms with Crippen LogP contribution in [-0.2, 0) is 6.42 Å². The lowest BCUT2D eigenvalue weighted by atomic mass is 9.92. The first kappa shape index (κ1) is 10.2. The monoisotopic (exact) mass is 253 g/mol. The van der Waals surface area contributed by atoms with Crippen LogP contribution in [0.5, 0.6) is 0 Å². The molecular formula is C12H16BrN. The first-order valence-corrected chi connectivity index (χ1v) is 6.09. The summed E-state index contributed by atoms with van der Waals surface area (Å²) in [6.45, 7) is 2.38. The van der Waals surface area contributed by atoms with E-state index < -0.39 is 0 Å². The zero-order valence-electron chi connectivity index (χ0n) is 8.30. The Morgan fingerprint density at radius 2 is 2.21 bits per heavy atom. The van der Waals surface area contributed by atoms with Crippen molar-refractivity contribution in [2.24, 2.45) is 5.92 Å². The highest BCUT2D eigenvalue weighted by Gasteiger charge is 2.14. The second kappa shape index (κ2) is 4.94. The Bertz CT molecular complexity index is 292. The molecule has 2 heteroatoms. The van der Waals surface area contributed by atoms with Gasteiger partial charge in [0.25, 0.3) is 0 Å². The number of benzene rings is 1. The Morgan fingerprint density at radius 1 is 1.36 bits per heavy atom. The van der Waals surface area contributed by atoms with Crippen LogP contribution in [0.3, 0.4) is 0 Å². The summed E-state index contributed by atoms with van der Waals surface area (Å²) in [5.41, 5.74) is 1.45. The normalized spacial score (nSPS) is 22.2. The van der Waals surface area contributed by atoms with Crippen molar-refractivity contribution < 1.29 is 0 Å². The quantitative estimate of drug-likeness (QED) is 0.855. The highest BCUT2D eigenvalue weighted by Crippen LogP contribution is 2.22. The van der Waals surface area contributed by atoms with Crippen LogP contribution < -0.4 is 5.32 Å². The van der Waals surface area contributed by atoms with Crippen LogP contribution in [0.4, 0.5) is 0 Å². The van der Waals surface area contributed by atoms with Gasteiger partial charge in [-0.3, -0.25) is 0 Å². The van der Waals surface area contributed by atoms with Crippen LogP contribution in [0, 0.1) is 5.92 Å². The van der Waals surface area contributed by atoms with Gasteiger partial charge in [-0.25, -0.2) is 0 Å². The summed E-state index contributed by atoms with van der Waals surface area (Å²) in [6.07, 6.45) is 3.90. The van der Waals surface area contributed by atoms with E-state index in [-0.39, 0.29) is 0 Å². The maximum Gasteiger partial charge on any atom is 0.0207 e. The second-order valence-electron chi connectivity index (χ2n) is 4.01. The van der Waals surface area contributed by atoms with Gasteiger partial charge in [-0.05, 0) is 49.9 Å². The van der Waals surface area contributed by atoms with E-state index in [2.05, 4.69) is 45.5 Å². The average Bonchev–Trinajstić information content (AvgIpc) is 2.23. The summed E-state index contributed by atoms with van der Waals surface area (Å²) in [5, 5.41) is 3.46. The fourth-order valence-electron chi connectivity index (χ4n) is 2.07. The molecule has 0 bridgehead atoms. The SMILES string of the molecule is Brc1ccccc1C[C@@H]1CCCNC1. The lowest BCUT2D eigenvalue weighted by Crippen LogP contribution is -2.30. The summed E-state index contributed by atoms with van der Waals surface area (Å²) in [5.74, 6) is 0.822. The van der Waals surface area contributed by atoms with Crippen molar-refractivity contribution in [3.8, 4) is 0 Å². The summed E-state index contributed by atoms with van der Waals surface area (Å²) >= 11 is 3.60. The summed E-state index contributed by atoms with van der Waals surface area (Å²) < 4.78 is 1.26.